The molecule has 0 spiro atoms. The monoisotopic (exact) mass is 286 g/mol. The molecule has 0 saturated heterocycles. The summed E-state index contributed by atoms with van der Waals surface area (Å²) >= 11 is 0. The number of unbranched alkanes of at least 4 members (excludes halogenated alkanes) is 3. The predicted octanol–water partition coefficient (Wildman–Crippen LogP) is 3.15. The van der Waals surface area contributed by atoms with E-state index in [-0.39, 0.29) is 18.6 Å². The topological polar surface area (TPSA) is 78.4 Å². The van der Waals surface area contributed by atoms with Gasteiger partial charge in [0, 0.05) is 12.6 Å². The molecular formula is C15H30N2O3. The largest absolute Gasteiger partial charge is 0.481 e. The van der Waals surface area contributed by atoms with Crippen molar-refractivity contribution >= 4 is 12.0 Å². The SMILES string of the molecule is CCCCCCC(C)NC(=O)NCC(C)(CC)C(=O)O. The molecule has 118 valence electrons. The van der Waals surface area contributed by atoms with Gasteiger partial charge in [0.05, 0.1) is 5.41 Å². The Hall–Kier alpha value is -1.26. The maximum atomic E-state index is 11.7. The van der Waals surface area contributed by atoms with Crippen molar-refractivity contribution in [2.24, 2.45) is 5.41 Å². The van der Waals surface area contributed by atoms with E-state index in [4.69, 9.17) is 5.11 Å². The van der Waals surface area contributed by atoms with E-state index in [0.717, 1.165) is 12.8 Å². The summed E-state index contributed by atoms with van der Waals surface area (Å²) in [6, 6.07) is -0.168. The van der Waals surface area contributed by atoms with Gasteiger partial charge in [0.25, 0.3) is 0 Å². The van der Waals surface area contributed by atoms with Crippen LogP contribution in [-0.2, 0) is 4.79 Å². The van der Waals surface area contributed by atoms with Gasteiger partial charge in [0.15, 0.2) is 0 Å². The molecule has 5 heteroatoms. The standard InChI is InChI=1S/C15H30N2O3/c1-5-7-8-9-10-12(3)17-14(20)16-11-15(4,6-2)13(18)19/h12H,5-11H2,1-4H3,(H,18,19)(H2,16,17,20). The van der Waals surface area contributed by atoms with Crippen molar-refractivity contribution in [3.8, 4) is 0 Å². The summed E-state index contributed by atoms with van der Waals surface area (Å²) in [5, 5.41) is 14.6. The van der Waals surface area contributed by atoms with E-state index in [2.05, 4.69) is 17.6 Å². The number of hydrogen-bond acceptors (Lipinski definition) is 2. The molecule has 0 aromatic heterocycles. The molecular weight excluding hydrogens is 256 g/mol. The third kappa shape index (κ3) is 7.36. The quantitative estimate of drug-likeness (QED) is 0.540. The average Bonchev–Trinajstić information content (AvgIpc) is 2.40. The minimum Gasteiger partial charge on any atom is -0.481 e. The number of carboxylic acids is 1. The number of aliphatic carboxylic acids is 1. The fourth-order valence-electron chi connectivity index (χ4n) is 1.85. The van der Waals surface area contributed by atoms with E-state index >= 15 is 0 Å². The minimum atomic E-state index is -0.901. The third-order valence-corrected chi connectivity index (χ3v) is 3.80. The van der Waals surface area contributed by atoms with Crippen LogP contribution in [0.25, 0.3) is 0 Å². The number of amides is 2. The van der Waals surface area contributed by atoms with Crippen molar-refractivity contribution in [3.05, 3.63) is 0 Å². The Morgan fingerprint density at radius 2 is 1.85 bits per heavy atom. The molecule has 0 aromatic rings. The second-order valence-corrected chi connectivity index (χ2v) is 5.80. The second kappa shape index (κ2) is 9.61. The lowest BCUT2D eigenvalue weighted by Crippen LogP contribution is -2.46. The first-order valence-corrected chi connectivity index (χ1v) is 7.63. The van der Waals surface area contributed by atoms with Crippen molar-refractivity contribution in [2.75, 3.05) is 6.54 Å². The summed E-state index contributed by atoms with van der Waals surface area (Å²) in [5.41, 5.74) is -0.901. The first-order chi connectivity index (χ1) is 9.35. The van der Waals surface area contributed by atoms with E-state index in [1.807, 2.05) is 13.8 Å². The van der Waals surface area contributed by atoms with Gasteiger partial charge in [-0.25, -0.2) is 4.79 Å². The Kier molecular flexibility index (Phi) is 9.01. The van der Waals surface area contributed by atoms with Crippen LogP contribution in [0.4, 0.5) is 4.79 Å². The van der Waals surface area contributed by atoms with E-state index in [1.165, 1.54) is 19.3 Å². The van der Waals surface area contributed by atoms with E-state index < -0.39 is 11.4 Å². The molecule has 3 N–H and O–H groups in total. The molecule has 0 aliphatic heterocycles. The van der Waals surface area contributed by atoms with Crippen LogP contribution in [0.3, 0.4) is 0 Å². The van der Waals surface area contributed by atoms with Crippen LogP contribution in [0.2, 0.25) is 0 Å². The molecule has 0 rings (SSSR count). The summed E-state index contributed by atoms with van der Waals surface area (Å²) in [4.78, 5) is 22.8. The number of carbonyl (C=O) groups excluding carboxylic acids is 1. The smallest absolute Gasteiger partial charge is 0.315 e. The lowest BCUT2D eigenvalue weighted by atomic mass is 9.88. The van der Waals surface area contributed by atoms with Gasteiger partial charge in [-0.1, -0.05) is 39.5 Å². The number of nitrogens with one attached hydrogen (secondary N) is 2. The Morgan fingerprint density at radius 1 is 1.20 bits per heavy atom. The first-order valence-electron chi connectivity index (χ1n) is 7.63. The molecule has 2 atom stereocenters. The van der Waals surface area contributed by atoms with Crippen LogP contribution in [-0.4, -0.2) is 29.7 Å². The highest BCUT2D eigenvalue weighted by Gasteiger charge is 2.31. The summed E-state index contributed by atoms with van der Waals surface area (Å²) in [6.45, 7) is 7.74. The van der Waals surface area contributed by atoms with Crippen LogP contribution in [0, 0.1) is 5.41 Å². The number of rotatable bonds is 10. The fourth-order valence-corrected chi connectivity index (χ4v) is 1.85. The maximum absolute atomic E-state index is 11.7. The molecule has 20 heavy (non-hydrogen) atoms. The van der Waals surface area contributed by atoms with Gasteiger partial charge < -0.3 is 15.7 Å². The van der Waals surface area contributed by atoms with Gasteiger partial charge in [-0.05, 0) is 26.7 Å². The number of urea groups is 1. The molecule has 0 aliphatic carbocycles. The van der Waals surface area contributed by atoms with E-state index in [0.29, 0.717) is 6.42 Å². The molecule has 0 aromatic carbocycles. The van der Waals surface area contributed by atoms with Gasteiger partial charge in [0.1, 0.15) is 0 Å². The van der Waals surface area contributed by atoms with Gasteiger partial charge in [-0.2, -0.15) is 0 Å². The molecule has 0 heterocycles. The summed E-state index contributed by atoms with van der Waals surface area (Å²) in [5.74, 6) is -0.882. The molecule has 0 aliphatic rings. The van der Waals surface area contributed by atoms with Crippen molar-refractivity contribution in [3.63, 3.8) is 0 Å². The van der Waals surface area contributed by atoms with Crippen LogP contribution in [0.5, 0.6) is 0 Å². The highest BCUT2D eigenvalue weighted by Crippen LogP contribution is 2.19. The molecule has 5 nitrogen and oxygen atoms in total. The number of carbonyl (C=O) groups is 2. The van der Waals surface area contributed by atoms with Crippen LogP contribution in [0.15, 0.2) is 0 Å². The zero-order valence-corrected chi connectivity index (χ0v) is 13.3. The molecule has 0 bridgehead atoms. The Morgan fingerprint density at radius 3 is 2.35 bits per heavy atom. The molecule has 2 amide bonds. The Balaban J connectivity index is 3.95. The highest BCUT2D eigenvalue weighted by atomic mass is 16.4. The van der Waals surface area contributed by atoms with Crippen LogP contribution >= 0.6 is 0 Å². The third-order valence-electron chi connectivity index (χ3n) is 3.80. The minimum absolute atomic E-state index is 0.115. The maximum Gasteiger partial charge on any atom is 0.315 e. The first kappa shape index (κ1) is 18.7. The number of carboxylic acid groups (broad SMARTS) is 1. The lowest BCUT2D eigenvalue weighted by Gasteiger charge is -2.24. The van der Waals surface area contributed by atoms with Gasteiger partial charge >= 0.3 is 12.0 Å². The molecule has 2 unspecified atom stereocenters. The second-order valence-electron chi connectivity index (χ2n) is 5.80. The van der Waals surface area contributed by atoms with E-state index in [1.54, 1.807) is 6.92 Å². The van der Waals surface area contributed by atoms with Gasteiger partial charge in [0.2, 0.25) is 0 Å². The molecule has 0 saturated carbocycles. The van der Waals surface area contributed by atoms with Crippen molar-refractivity contribution in [1.29, 1.82) is 0 Å². The summed E-state index contributed by atoms with van der Waals surface area (Å²) in [7, 11) is 0. The molecule has 0 fully saturated rings. The summed E-state index contributed by atoms with van der Waals surface area (Å²) < 4.78 is 0. The highest BCUT2D eigenvalue weighted by molar-refractivity contribution is 5.77. The Labute approximate surface area is 122 Å². The van der Waals surface area contributed by atoms with Gasteiger partial charge in [-0.3, -0.25) is 4.79 Å². The van der Waals surface area contributed by atoms with Gasteiger partial charge in [-0.15, -0.1) is 0 Å². The van der Waals surface area contributed by atoms with Crippen LogP contribution in [0.1, 0.15) is 66.2 Å². The predicted molar refractivity (Wildman–Crippen MR) is 80.8 cm³/mol. The normalized spacial score (nSPS) is 15.2. The van der Waals surface area contributed by atoms with Crippen molar-refractivity contribution in [1.82, 2.24) is 10.6 Å². The zero-order valence-electron chi connectivity index (χ0n) is 13.3. The van der Waals surface area contributed by atoms with Crippen molar-refractivity contribution < 1.29 is 14.7 Å². The number of hydrogen-bond donors (Lipinski definition) is 3. The van der Waals surface area contributed by atoms with E-state index in [9.17, 15) is 9.59 Å². The molecule has 0 radical (unpaired) electrons. The van der Waals surface area contributed by atoms with Crippen LogP contribution < -0.4 is 10.6 Å². The Bertz CT molecular complexity index is 307. The zero-order chi connectivity index (χ0) is 15.6. The lowest BCUT2D eigenvalue weighted by molar-refractivity contribution is -0.147. The van der Waals surface area contributed by atoms with Crippen molar-refractivity contribution in [2.45, 2.75) is 72.3 Å². The fraction of sp³-hybridized carbons (Fsp3) is 0.867. The average molecular weight is 286 g/mol. The summed E-state index contributed by atoms with van der Waals surface area (Å²) in [6.07, 6.45) is 6.17.